The summed E-state index contributed by atoms with van der Waals surface area (Å²) in [5.41, 5.74) is 0.646. The Balaban J connectivity index is 2.10. The van der Waals surface area contributed by atoms with Gasteiger partial charge >= 0.3 is 0 Å². The maximum absolute atomic E-state index is 10.9. The Bertz CT molecular complexity index is 511. The molecule has 17 heavy (non-hydrogen) atoms. The minimum atomic E-state index is -3.51. The van der Waals surface area contributed by atoms with Gasteiger partial charge in [-0.25, -0.2) is 8.42 Å². The summed E-state index contributed by atoms with van der Waals surface area (Å²) in [6.07, 6.45) is 3.69. The van der Waals surface area contributed by atoms with E-state index in [4.69, 9.17) is 15.4 Å². The van der Waals surface area contributed by atoms with Crippen molar-refractivity contribution in [3.63, 3.8) is 0 Å². The number of ether oxygens (including phenoxy) is 1. The molecule has 2 rings (SSSR count). The minimum Gasteiger partial charge on any atom is -0.489 e. The van der Waals surface area contributed by atoms with Gasteiger partial charge in [-0.05, 0) is 52.9 Å². The number of benzene rings is 1. The quantitative estimate of drug-likeness (QED) is 0.789. The van der Waals surface area contributed by atoms with Crippen molar-refractivity contribution in [2.75, 3.05) is 0 Å². The van der Waals surface area contributed by atoms with Crippen molar-refractivity contribution >= 4 is 35.7 Å². The van der Waals surface area contributed by atoms with Crippen molar-refractivity contribution in [2.24, 2.45) is 0 Å². The van der Waals surface area contributed by atoms with Crippen LogP contribution in [-0.4, -0.2) is 14.5 Å². The molecule has 1 aromatic carbocycles. The molecule has 0 unspecified atom stereocenters. The highest BCUT2D eigenvalue weighted by Crippen LogP contribution is 2.31. The molecule has 0 atom stereocenters. The molecule has 0 radical (unpaired) electrons. The number of hydrogen-bond acceptors (Lipinski definition) is 3. The zero-order valence-electron chi connectivity index (χ0n) is 9.03. The molecule has 1 fully saturated rings. The van der Waals surface area contributed by atoms with Crippen molar-refractivity contribution in [1.29, 1.82) is 0 Å². The van der Waals surface area contributed by atoms with E-state index in [0.717, 1.165) is 23.1 Å². The molecule has 0 aromatic heterocycles. The van der Waals surface area contributed by atoms with Gasteiger partial charge < -0.3 is 4.74 Å². The van der Waals surface area contributed by atoms with Crippen LogP contribution in [-0.2, 0) is 14.8 Å². The monoisotopic (exact) mass is 338 g/mol. The van der Waals surface area contributed by atoms with E-state index < -0.39 is 9.05 Å². The van der Waals surface area contributed by atoms with Crippen LogP contribution in [0.3, 0.4) is 0 Å². The summed E-state index contributed by atoms with van der Waals surface area (Å²) >= 11 is 3.37. The Labute approximate surface area is 114 Å². The van der Waals surface area contributed by atoms with E-state index in [9.17, 15) is 8.42 Å². The third kappa shape index (κ3) is 3.86. The second kappa shape index (κ2) is 5.16. The maximum Gasteiger partial charge on any atom is 0.236 e. The van der Waals surface area contributed by atoms with E-state index in [1.165, 1.54) is 6.42 Å². The molecule has 0 bridgehead atoms. The molecule has 1 aromatic rings. The zero-order valence-corrected chi connectivity index (χ0v) is 12.2. The Morgan fingerprint density at radius 1 is 1.41 bits per heavy atom. The molecule has 1 saturated carbocycles. The second-order valence-corrected chi connectivity index (χ2v) is 7.75. The number of hydrogen-bond donors (Lipinski definition) is 0. The standard InChI is InChI=1S/C11H12BrClO3S/c12-10-6-8(7-17(13,14)15)4-5-11(10)16-9-2-1-3-9/h4-6,9H,1-3,7H2. The molecular formula is C11H12BrClO3S. The van der Waals surface area contributed by atoms with Crippen LogP contribution in [0, 0.1) is 0 Å². The third-order valence-corrected chi connectivity index (χ3v) is 4.31. The maximum atomic E-state index is 10.9. The van der Waals surface area contributed by atoms with Crippen LogP contribution in [0.15, 0.2) is 22.7 Å². The van der Waals surface area contributed by atoms with E-state index in [1.54, 1.807) is 18.2 Å². The lowest BCUT2D eigenvalue weighted by Crippen LogP contribution is -2.24. The zero-order chi connectivity index (χ0) is 12.5. The Hall–Kier alpha value is -0.260. The van der Waals surface area contributed by atoms with E-state index in [2.05, 4.69) is 15.9 Å². The molecule has 1 aliphatic carbocycles. The fraction of sp³-hybridized carbons (Fsp3) is 0.455. The van der Waals surface area contributed by atoms with E-state index >= 15 is 0 Å². The van der Waals surface area contributed by atoms with Crippen molar-refractivity contribution < 1.29 is 13.2 Å². The first kappa shape index (κ1) is 13.2. The summed E-state index contributed by atoms with van der Waals surface area (Å²) < 4.78 is 28.4. The summed E-state index contributed by atoms with van der Waals surface area (Å²) in [7, 11) is 1.69. The van der Waals surface area contributed by atoms with Gasteiger partial charge in [-0.3, -0.25) is 0 Å². The average molecular weight is 340 g/mol. The molecule has 3 nitrogen and oxygen atoms in total. The van der Waals surface area contributed by atoms with Crippen molar-refractivity contribution in [3.8, 4) is 5.75 Å². The van der Waals surface area contributed by atoms with E-state index in [-0.39, 0.29) is 5.75 Å². The summed E-state index contributed by atoms with van der Waals surface area (Å²) in [4.78, 5) is 0. The molecule has 0 spiro atoms. The van der Waals surface area contributed by atoms with Crippen LogP contribution in [0.1, 0.15) is 24.8 Å². The van der Waals surface area contributed by atoms with Crippen molar-refractivity contribution in [1.82, 2.24) is 0 Å². The number of halogens is 2. The van der Waals surface area contributed by atoms with Gasteiger partial charge in [0, 0.05) is 10.7 Å². The summed E-state index contributed by atoms with van der Waals surface area (Å²) in [5.74, 6) is 0.585. The van der Waals surface area contributed by atoms with Crippen LogP contribution in [0.25, 0.3) is 0 Å². The Kier molecular flexibility index (Phi) is 4.00. The smallest absolute Gasteiger partial charge is 0.236 e. The lowest BCUT2D eigenvalue weighted by molar-refractivity contribution is 0.119. The molecule has 0 N–H and O–H groups in total. The molecule has 0 aliphatic heterocycles. The third-order valence-electron chi connectivity index (χ3n) is 2.68. The molecule has 94 valence electrons. The lowest BCUT2D eigenvalue weighted by Gasteiger charge is -2.27. The van der Waals surface area contributed by atoms with Gasteiger partial charge in [0.05, 0.1) is 16.3 Å². The van der Waals surface area contributed by atoms with Crippen LogP contribution >= 0.6 is 26.6 Å². The first-order valence-corrected chi connectivity index (χ1v) is 8.58. The van der Waals surface area contributed by atoms with Crippen LogP contribution in [0.2, 0.25) is 0 Å². The predicted molar refractivity (Wildman–Crippen MR) is 70.9 cm³/mol. The van der Waals surface area contributed by atoms with Crippen LogP contribution < -0.4 is 4.74 Å². The normalized spacial score (nSPS) is 16.6. The Morgan fingerprint density at radius 2 is 2.12 bits per heavy atom. The first-order valence-electron chi connectivity index (χ1n) is 5.31. The van der Waals surface area contributed by atoms with Gasteiger partial charge in [-0.1, -0.05) is 6.07 Å². The fourth-order valence-electron chi connectivity index (χ4n) is 1.60. The summed E-state index contributed by atoms with van der Waals surface area (Å²) in [6.45, 7) is 0. The fourth-order valence-corrected chi connectivity index (χ4v) is 3.07. The molecule has 0 heterocycles. The van der Waals surface area contributed by atoms with Gasteiger partial charge in [-0.15, -0.1) is 0 Å². The largest absolute Gasteiger partial charge is 0.489 e. The average Bonchev–Trinajstić information content (AvgIpc) is 2.11. The SMILES string of the molecule is O=S(=O)(Cl)Cc1ccc(OC2CCC2)c(Br)c1. The topological polar surface area (TPSA) is 43.4 Å². The highest BCUT2D eigenvalue weighted by atomic mass is 79.9. The molecule has 1 aliphatic rings. The van der Waals surface area contributed by atoms with Crippen LogP contribution in [0.4, 0.5) is 0 Å². The molecule has 0 saturated heterocycles. The lowest BCUT2D eigenvalue weighted by atomic mass is 9.96. The van der Waals surface area contributed by atoms with Crippen molar-refractivity contribution in [3.05, 3.63) is 28.2 Å². The molecular weight excluding hydrogens is 328 g/mol. The van der Waals surface area contributed by atoms with Gasteiger partial charge in [-0.2, -0.15) is 0 Å². The second-order valence-electron chi connectivity index (χ2n) is 4.12. The van der Waals surface area contributed by atoms with Gasteiger partial charge in [0.25, 0.3) is 0 Å². The molecule has 6 heteroatoms. The van der Waals surface area contributed by atoms with E-state index in [0.29, 0.717) is 11.7 Å². The van der Waals surface area contributed by atoms with Gasteiger partial charge in [0.1, 0.15) is 5.75 Å². The number of rotatable bonds is 4. The predicted octanol–water partition coefficient (Wildman–Crippen LogP) is 3.45. The summed E-state index contributed by atoms with van der Waals surface area (Å²) in [5, 5.41) is 0. The van der Waals surface area contributed by atoms with Crippen LogP contribution in [0.5, 0.6) is 5.75 Å². The Morgan fingerprint density at radius 3 is 2.59 bits per heavy atom. The van der Waals surface area contributed by atoms with Gasteiger partial charge in [0.2, 0.25) is 9.05 Å². The molecule has 0 amide bonds. The minimum absolute atomic E-state index is 0.170. The van der Waals surface area contributed by atoms with Crippen molar-refractivity contribution in [2.45, 2.75) is 31.1 Å². The first-order chi connectivity index (χ1) is 7.94. The highest BCUT2D eigenvalue weighted by Gasteiger charge is 2.20. The highest BCUT2D eigenvalue weighted by molar-refractivity contribution is 9.10. The van der Waals surface area contributed by atoms with E-state index in [1.807, 2.05) is 0 Å². The van der Waals surface area contributed by atoms with Gasteiger partial charge in [0.15, 0.2) is 0 Å². The summed E-state index contributed by atoms with van der Waals surface area (Å²) in [6, 6.07) is 5.23.